The number of thioether (sulfide) groups is 4. The summed E-state index contributed by atoms with van der Waals surface area (Å²) < 4.78 is 0.642. The van der Waals surface area contributed by atoms with Crippen LogP contribution in [0.5, 0.6) is 11.5 Å². The van der Waals surface area contributed by atoms with Crippen LogP contribution in [0.3, 0.4) is 0 Å². The number of aromatic hydroxyl groups is 2. The molecule has 0 atom stereocenters. The number of phenols is 2. The van der Waals surface area contributed by atoms with Crippen LogP contribution in [0.2, 0.25) is 0 Å². The molecule has 0 aliphatic carbocycles. The van der Waals surface area contributed by atoms with E-state index in [1.807, 2.05) is 6.07 Å². The third-order valence-electron chi connectivity index (χ3n) is 5.18. The number of rotatable bonds is 4. The van der Waals surface area contributed by atoms with E-state index in [2.05, 4.69) is 15.5 Å². The Kier molecular flexibility index (Phi) is 7.31. The molecule has 0 bridgehead atoms. The first-order chi connectivity index (χ1) is 18.4. The minimum atomic E-state index is -0.604. The maximum atomic E-state index is 12.8. The fraction of sp³-hybridized carbons (Fsp3) is 0. The fourth-order valence-corrected chi connectivity index (χ4v) is 8.64. The topological polar surface area (TPSA) is 127 Å². The van der Waals surface area contributed by atoms with Gasteiger partial charge in [-0.3, -0.25) is 9.59 Å². The van der Waals surface area contributed by atoms with Crippen molar-refractivity contribution in [2.75, 3.05) is 10.6 Å². The van der Waals surface area contributed by atoms with E-state index >= 15 is 0 Å². The summed E-state index contributed by atoms with van der Waals surface area (Å²) in [5.74, 6) is -1.51. The highest BCUT2D eigenvalue weighted by atomic mass is 32.2. The number of benzene rings is 3. The van der Waals surface area contributed by atoms with Gasteiger partial charge in [0.2, 0.25) is 0 Å². The predicted octanol–water partition coefficient (Wildman–Crippen LogP) is 6.59. The number of fused-ring (bicyclic) bond motifs is 2. The van der Waals surface area contributed by atoms with Gasteiger partial charge in [-0.2, -0.15) is 5.26 Å². The van der Waals surface area contributed by atoms with Gasteiger partial charge in [0.1, 0.15) is 23.1 Å². The lowest BCUT2D eigenvalue weighted by Gasteiger charge is -2.08. The molecule has 186 valence electrons. The zero-order valence-electron chi connectivity index (χ0n) is 19.0. The Bertz CT molecular complexity index is 1480. The van der Waals surface area contributed by atoms with Gasteiger partial charge >= 0.3 is 0 Å². The van der Waals surface area contributed by atoms with E-state index in [-0.39, 0.29) is 22.8 Å². The standard InChI is InChI=1S/C26H14N4O4S4/c1-28-16(24(34)30-14-10-6-3-7-11-14)26-37-21-17(31)19-20(18(32)22(21)38-26)36-25(35-19)15(12-27)23(33)29-13-8-4-2-5-9-13/h2-11,31-32H,(H,29,33)(H,30,34). The lowest BCUT2D eigenvalue weighted by atomic mass is 10.3. The van der Waals surface area contributed by atoms with Crippen LogP contribution in [-0.2, 0) is 9.59 Å². The Morgan fingerprint density at radius 3 is 1.58 bits per heavy atom. The maximum absolute atomic E-state index is 12.8. The van der Waals surface area contributed by atoms with E-state index in [1.165, 1.54) is 0 Å². The van der Waals surface area contributed by atoms with Gasteiger partial charge in [0.25, 0.3) is 17.5 Å². The lowest BCUT2D eigenvalue weighted by molar-refractivity contribution is -0.113. The van der Waals surface area contributed by atoms with Gasteiger partial charge in [0.15, 0.2) is 0 Å². The molecule has 0 radical (unpaired) electrons. The van der Waals surface area contributed by atoms with E-state index in [4.69, 9.17) is 6.57 Å². The number of carbonyl (C=O) groups excluding carboxylic acids is 2. The number of nitriles is 1. The molecule has 4 N–H and O–H groups in total. The molecule has 0 unspecified atom stereocenters. The molecule has 8 nitrogen and oxygen atoms in total. The number of hydrogen-bond donors (Lipinski definition) is 4. The van der Waals surface area contributed by atoms with Crippen molar-refractivity contribution < 1.29 is 19.8 Å². The molecule has 5 rings (SSSR count). The van der Waals surface area contributed by atoms with Gasteiger partial charge in [-0.15, -0.1) is 0 Å². The average Bonchev–Trinajstić information content (AvgIpc) is 3.56. The molecular formula is C26H14N4O4S4. The molecule has 3 aromatic rings. The van der Waals surface area contributed by atoms with E-state index in [0.29, 0.717) is 39.4 Å². The molecular weight excluding hydrogens is 561 g/mol. The number of nitrogens with zero attached hydrogens (tertiary/aromatic N) is 2. The highest BCUT2D eigenvalue weighted by molar-refractivity contribution is 8.26. The second kappa shape index (κ2) is 10.8. The van der Waals surface area contributed by atoms with Gasteiger partial charge < -0.3 is 20.8 Å². The number of anilines is 2. The zero-order valence-corrected chi connectivity index (χ0v) is 22.3. The number of hydrogen-bond acceptors (Lipinski definition) is 9. The van der Waals surface area contributed by atoms with Crippen molar-refractivity contribution in [3.8, 4) is 17.6 Å². The minimum Gasteiger partial charge on any atom is -0.505 e. The highest BCUT2D eigenvalue weighted by Crippen LogP contribution is 2.67. The molecule has 38 heavy (non-hydrogen) atoms. The summed E-state index contributed by atoms with van der Waals surface area (Å²) >= 11 is 4.04. The molecule has 2 aliphatic rings. The third kappa shape index (κ3) is 4.83. The van der Waals surface area contributed by atoms with Crippen LogP contribution in [0.25, 0.3) is 4.85 Å². The molecule has 0 saturated carbocycles. The highest BCUT2D eigenvalue weighted by Gasteiger charge is 2.38. The van der Waals surface area contributed by atoms with Crippen LogP contribution < -0.4 is 10.6 Å². The predicted molar refractivity (Wildman–Crippen MR) is 150 cm³/mol. The van der Waals surface area contributed by atoms with E-state index in [9.17, 15) is 25.1 Å². The minimum absolute atomic E-state index is 0.146. The Balaban J connectivity index is 1.44. The molecule has 2 amide bonds. The molecule has 0 aromatic heterocycles. The number of phenolic OH excluding ortho intramolecular Hbond substituents is 2. The van der Waals surface area contributed by atoms with Crippen LogP contribution in [0, 0.1) is 17.9 Å². The van der Waals surface area contributed by atoms with Crippen molar-refractivity contribution in [1.82, 2.24) is 0 Å². The molecule has 3 aromatic carbocycles. The molecule has 0 fully saturated rings. The summed E-state index contributed by atoms with van der Waals surface area (Å²) in [5, 5.41) is 37.2. The Morgan fingerprint density at radius 2 is 1.16 bits per heavy atom. The summed E-state index contributed by atoms with van der Waals surface area (Å²) in [4.78, 5) is 30.2. The molecule has 2 heterocycles. The van der Waals surface area contributed by atoms with Gasteiger partial charge in [-0.1, -0.05) is 83.4 Å². The van der Waals surface area contributed by atoms with Gasteiger partial charge in [-0.05, 0) is 24.3 Å². The van der Waals surface area contributed by atoms with Crippen molar-refractivity contribution >= 4 is 70.2 Å². The third-order valence-corrected chi connectivity index (χ3v) is 10.4. The van der Waals surface area contributed by atoms with Crippen molar-refractivity contribution in [3.63, 3.8) is 0 Å². The Labute approximate surface area is 234 Å². The molecule has 2 aliphatic heterocycles. The number of carbonyl (C=O) groups is 2. The number of amides is 2. The summed E-state index contributed by atoms with van der Waals surface area (Å²) in [6.07, 6.45) is 0. The maximum Gasteiger partial charge on any atom is 0.270 e. The summed E-state index contributed by atoms with van der Waals surface area (Å²) in [6.45, 7) is 7.55. The van der Waals surface area contributed by atoms with Gasteiger partial charge in [0.05, 0.1) is 34.6 Å². The van der Waals surface area contributed by atoms with Crippen molar-refractivity contribution in [2.24, 2.45) is 0 Å². The molecule has 0 spiro atoms. The smallest absolute Gasteiger partial charge is 0.270 e. The van der Waals surface area contributed by atoms with Crippen molar-refractivity contribution in [2.45, 2.75) is 19.6 Å². The van der Waals surface area contributed by atoms with Crippen LogP contribution in [-0.4, -0.2) is 22.0 Å². The average molecular weight is 575 g/mol. The van der Waals surface area contributed by atoms with E-state index in [1.54, 1.807) is 60.7 Å². The van der Waals surface area contributed by atoms with E-state index < -0.39 is 11.8 Å². The van der Waals surface area contributed by atoms with E-state index in [0.717, 1.165) is 47.0 Å². The summed E-state index contributed by atoms with van der Waals surface area (Å²) in [6, 6.07) is 19.3. The number of para-hydroxylation sites is 2. The zero-order chi connectivity index (χ0) is 26.8. The van der Waals surface area contributed by atoms with Crippen LogP contribution in [0.4, 0.5) is 11.4 Å². The normalized spacial score (nSPS) is 13.1. The SMILES string of the molecule is [C-]#[N+]C(C(=O)Nc1ccccc1)=C1Sc2c(O)c3c(c(O)c2S1)SC(=C(C#N)C(=O)Nc1ccccc1)S3. The summed E-state index contributed by atoms with van der Waals surface area (Å²) in [5.41, 5.74) is 0.753. The monoisotopic (exact) mass is 574 g/mol. The van der Waals surface area contributed by atoms with Gasteiger partial charge in [-0.25, -0.2) is 4.85 Å². The van der Waals surface area contributed by atoms with Gasteiger partial charge in [0, 0.05) is 11.4 Å². The second-order valence-corrected chi connectivity index (χ2v) is 12.2. The first kappa shape index (κ1) is 25.7. The number of nitrogens with one attached hydrogen (secondary N) is 2. The van der Waals surface area contributed by atoms with Crippen molar-refractivity contribution in [1.29, 1.82) is 5.26 Å². The van der Waals surface area contributed by atoms with Crippen LogP contribution in [0.15, 0.2) is 100.0 Å². The Morgan fingerprint density at radius 1 is 0.737 bits per heavy atom. The lowest BCUT2D eigenvalue weighted by Crippen LogP contribution is -2.14. The van der Waals surface area contributed by atoms with Crippen LogP contribution in [0.1, 0.15) is 0 Å². The second-order valence-electron chi connectivity index (χ2n) is 7.58. The fourth-order valence-electron chi connectivity index (χ4n) is 3.43. The van der Waals surface area contributed by atoms with Crippen LogP contribution >= 0.6 is 47.0 Å². The summed E-state index contributed by atoms with van der Waals surface area (Å²) in [7, 11) is 0. The molecule has 12 heteroatoms. The van der Waals surface area contributed by atoms with Crippen molar-refractivity contribution in [3.05, 3.63) is 91.8 Å². The first-order valence-corrected chi connectivity index (χ1v) is 14.0. The largest absolute Gasteiger partial charge is 0.505 e. The molecule has 0 saturated heterocycles. The first-order valence-electron chi connectivity index (χ1n) is 10.7. The quantitative estimate of drug-likeness (QED) is 0.118. The Hall–Kier alpha value is -3.94.